The molecule has 144 valence electrons. The van der Waals surface area contributed by atoms with Crippen molar-refractivity contribution in [1.29, 1.82) is 0 Å². The van der Waals surface area contributed by atoms with Crippen LogP contribution < -0.4 is 19.0 Å². The molecule has 6 nitrogen and oxygen atoms in total. The molecule has 28 heavy (non-hydrogen) atoms. The number of carbonyl (C=O) groups is 1. The van der Waals surface area contributed by atoms with Crippen molar-refractivity contribution in [2.24, 2.45) is 4.99 Å². The Morgan fingerprint density at radius 2 is 1.96 bits per heavy atom. The predicted octanol–water partition coefficient (Wildman–Crippen LogP) is 3.49. The van der Waals surface area contributed by atoms with E-state index < -0.39 is 5.91 Å². The third-order valence-electron chi connectivity index (χ3n) is 4.05. The molecule has 0 aliphatic carbocycles. The standard InChI is InChI=1S/C21H20N2O4S/c1-5-11-23-17-10-8-15(27-6-2)13-19(17)28-21(23)22-20(24)16-9-7-14(25-3)12-18(16)26-4/h1,7-10,12-13H,6,11H2,2-4H3. The highest BCUT2D eigenvalue weighted by atomic mass is 32.1. The summed E-state index contributed by atoms with van der Waals surface area (Å²) in [5.41, 5.74) is 1.25. The molecule has 0 aliphatic rings. The van der Waals surface area contributed by atoms with Crippen molar-refractivity contribution < 1.29 is 19.0 Å². The minimum absolute atomic E-state index is 0.305. The van der Waals surface area contributed by atoms with Gasteiger partial charge in [-0.15, -0.1) is 6.42 Å². The molecule has 0 fully saturated rings. The molecule has 1 amide bonds. The number of rotatable bonds is 6. The van der Waals surface area contributed by atoms with Crippen molar-refractivity contribution in [3.8, 4) is 29.6 Å². The van der Waals surface area contributed by atoms with Gasteiger partial charge in [0.2, 0.25) is 0 Å². The van der Waals surface area contributed by atoms with Gasteiger partial charge in [0, 0.05) is 6.07 Å². The van der Waals surface area contributed by atoms with Crippen LogP contribution in [0.15, 0.2) is 41.4 Å². The number of carbonyl (C=O) groups excluding carboxylic acids is 1. The second-order valence-corrected chi connectivity index (χ2v) is 6.73. The Hall–Kier alpha value is -3.24. The van der Waals surface area contributed by atoms with E-state index in [9.17, 15) is 4.79 Å². The van der Waals surface area contributed by atoms with Crippen LogP contribution in [0.1, 0.15) is 17.3 Å². The van der Waals surface area contributed by atoms with E-state index in [0.717, 1.165) is 16.0 Å². The number of terminal acetylenes is 1. The van der Waals surface area contributed by atoms with E-state index in [1.54, 1.807) is 25.3 Å². The third-order valence-corrected chi connectivity index (χ3v) is 5.09. The van der Waals surface area contributed by atoms with Crippen molar-refractivity contribution in [2.45, 2.75) is 13.5 Å². The molecule has 0 atom stereocenters. The lowest BCUT2D eigenvalue weighted by molar-refractivity contribution is 0.0995. The zero-order valence-electron chi connectivity index (χ0n) is 15.9. The Labute approximate surface area is 167 Å². The van der Waals surface area contributed by atoms with Crippen LogP contribution in [0.5, 0.6) is 17.2 Å². The molecule has 0 N–H and O–H groups in total. The SMILES string of the molecule is C#CCn1c(=NC(=O)c2ccc(OC)cc2OC)sc2cc(OCC)ccc21. The quantitative estimate of drug-likeness (QED) is 0.599. The van der Waals surface area contributed by atoms with E-state index in [2.05, 4.69) is 10.9 Å². The normalized spacial score (nSPS) is 11.3. The van der Waals surface area contributed by atoms with Crippen molar-refractivity contribution in [2.75, 3.05) is 20.8 Å². The molecule has 0 radical (unpaired) electrons. The van der Waals surface area contributed by atoms with Gasteiger partial charge in [0.25, 0.3) is 5.91 Å². The molecule has 0 spiro atoms. The van der Waals surface area contributed by atoms with E-state index in [0.29, 0.717) is 35.0 Å². The predicted molar refractivity (Wildman–Crippen MR) is 109 cm³/mol. The number of ether oxygens (including phenoxy) is 3. The van der Waals surface area contributed by atoms with Gasteiger partial charge in [-0.3, -0.25) is 4.79 Å². The minimum atomic E-state index is -0.415. The first-order valence-corrected chi connectivity index (χ1v) is 9.43. The third kappa shape index (κ3) is 3.87. The van der Waals surface area contributed by atoms with E-state index in [1.807, 2.05) is 29.7 Å². The summed E-state index contributed by atoms with van der Waals surface area (Å²) in [6.45, 7) is 2.81. The summed E-state index contributed by atoms with van der Waals surface area (Å²) in [7, 11) is 3.05. The Bertz CT molecular complexity index is 1120. The summed E-state index contributed by atoms with van der Waals surface area (Å²) >= 11 is 1.38. The molecule has 1 heterocycles. The summed E-state index contributed by atoms with van der Waals surface area (Å²) < 4.78 is 18.8. The van der Waals surface area contributed by atoms with Gasteiger partial charge in [-0.25, -0.2) is 0 Å². The molecular weight excluding hydrogens is 376 g/mol. The zero-order chi connectivity index (χ0) is 20.1. The van der Waals surface area contributed by atoms with Crippen molar-refractivity contribution >= 4 is 27.5 Å². The Kier molecular flexibility index (Phi) is 6.02. The van der Waals surface area contributed by atoms with E-state index in [-0.39, 0.29) is 0 Å². The van der Waals surface area contributed by atoms with Gasteiger partial charge in [0.1, 0.15) is 17.2 Å². The number of hydrogen-bond acceptors (Lipinski definition) is 5. The minimum Gasteiger partial charge on any atom is -0.497 e. The fourth-order valence-electron chi connectivity index (χ4n) is 2.76. The molecule has 2 aromatic carbocycles. The molecule has 0 saturated carbocycles. The lowest BCUT2D eigenvalue weighted by Crippen LogP contribution is -2.16. The smallest absolute Gasteiger partial charge is 0.283 e. The van der Waals surface area contributed by atoms with Crippen LogP contribution >= 0.6 is 11.3 Å². The van der Waals surface area contributed by atoms with E-state index in [4.69, 9.17) is 20.6 Å². The lowest BCUT2D eigenvalue weighted by atomic mass is 10.2. The Morgan fingerprint density at radius 1 is 1.18 bits per heavy atom. The van der Waals surface area contributed by atoms with E-state index >= 15 is 0 Å². The van der Waals surface area contributed by atoms with Gasteiger partial charge in [0.05, 0.1) is 43.2 Å². The fourth-order valence-corrected chi connectivity index (χ4v) is 3.82. The molecule has 0 unspecified atom stereocenters. The average Bonchev–Trinajstić information content (AvgIpc) is 3.04. The molecular formula is C21H20N2O4S. The number of methoxy groups -OCH3 is 2. The molecule has 0 bridgehead atoms. The molecule has 1 aromatic heterocycles. The van der Waals surface area contributed by atoms with Crippen LogP contribution in [0.25, 0.3) is 10.2 Å². The number of nitrogens with zero attached hydrogens (tertiary/aromatic N) is 2. The highest BCUT2D eigenvalue weighted by Crippen LogP contribution is 2.26. The van der Waals surface area contributed by atoms with E-state index in [1.165, 1.54) is 18.4 Å². The lowest BCUT2D eigenvalue weighted by Gasteiger charge is -2.07. The largest absolute Gasteiger partial charge is 0.497 e. The molecule has 3 rings (SSSR count). The first-order valence-electron chi connectivity index (χ1n) is 8.62. The average molecular weight is 396 g/mol. The maximum atomic E-state index is 12.8. The van der Waals surface area contributed by atoms with Crippen molar-refractivity contribution in [3.05, 3.63) is 46.8 Å². The van der Waals surface area contributed by atoms with Crippen molar-refractivity contribution in [3.63, 3.8) is 0 Å². The monoisotopic (exact) mass is 396 g/mol. The molecule has 7 heteroatoms. The number of thiazole rings is 1. The highest BCUT2D eigenvalue weighted by Gasteiger charge is 2.14. The second kappa shape index (κ2) is 8.63. The number of amides is 1. The summed E-state index contributed by atoms with van der Waals surface area (Å²) in [6, 6.07) is 10.7. The van der Waals surface area contributed by atoms with Crippen LogP contribution in [0.2, 0.25) is 0 Å². The topological polar surface area (TPSA) is 62.1 Å². The fraction of sp³-hybridized carbons (Fsp3) is 0.238. The van der Waals surface area contributed by atoms with Gasteiger partial charge in [-0.2, -0.15) is 4.99 Å². The summed E-state index contributed by atoms with van der Waals surface area (Å²) in [5, 5.41) is 0. The number of aromatic nitrogens is 1. The van der Waals surface area contributed by atoms with Crippen LogP contribution in [0, 0.1) is 12.3 Å². The first kappa shape index (κ1) is 19.5. The zero-order valence-corrected chi connectivity index (χ0v) is 16.7. The summed E-state index contributed by atoms with van der Waals surface area (Å²) in [5.74, 6) is 3.96. The molecule has 0 saturated heterocycles. The number of benzene rings is 2. The van der Waals surface area contributed by atoms with Gasteiger partial charge in [-0.05, 0) is 37.3 Å². The van der Waals surface area contributed by atoms with Gasteiger partial charge in [0.15, 0.2) is 4.80 Å². The second-order valence-electron chi connectivity index (χ2n) is 5.72. The summed E-state index contributed by atoms with van der Waals surface area (Å²) in [4.78, 5) is 17.7. The highest BCUT2D eigenvalue weighted by molar-refractivity contribution is 7.16. The Morgan fingerprint density at radius 3 is 2.64 bits per heavy atom. The molecule has 3 aromatic rings. The van der Waals surface area contributed by atoms with Crippen LogP contribution in [0.4, 0.5) is 0 Å². The maximum absolute atomic E-state index is 12.8. The van der Waals surface area contributed by atoms with Gasteiger partial charge < -0.3 is 18.8 Å². The molecule has 0 aliphatic heterocycles. The first-order chi connectivity index (χ1) is 13.6. The maximum Gasteiger partial charge on any atom is 0.283 e. The number of hydrogen-bond donors (Lipinski definition) is 0. The van der Waals surface area contributed by atoms with Gasteiger partial charge >= 0.3 is 0 Å². The van der Waals surface area contributed by atoms with Crippen LogP contribution in [-0.4, -0.2) is 31.3 Å². The van der Waals surface area contributed by atoms with Crippen LogP contribution in [0.3, 0.4) is 0 Å². The van der Waals surface area contributed by atoms with Crippen molar-refractivity contribution in [1.82, 2.24) is 4.57 Å². The number of fused-ring (bicyclic) bond motifs is 1. The summed E-state index contributed by atoms with van der Waals surface area (Å²) in [6.07, 6.45) is 5.53. The van der Waals surface area contributed by atoms with Crippen LogP contribution in [-0.2, 0) is 6.54 Å². The van der Waals surface area contributed by atoms with Gasteiger partial charge in [-0.1, -0.05) is 17.3 Å². The Balaban J connectivity index is 2.11.